The molecule has 0 aliphatic rings. The number of sulfonamides is 1. The molecule has 24 heavy (non-hydrogen) atoms. The molecule has 3 N–H and O–H groups in total. The maximum absolute atomic E-state index is 12.0. The van der Waals surface area contributed by atoms with E-state index in [1.807, 2.05) is 19.9 Å². The molecule has 0 unspecified atom stereocenters. The van der Waals surface area contributed by atoms with E-state index in [2.05, 4.69) is 15.3 Å². The number of carbonyl (C=O) groups excluding carboxylic acids is 1. The highest BCUT2D eigenvalue weighted by Gasteiger charge is 2.09. The van der Waals surface area contributed by atoms with Gasteiger partial charge in [-0.2, -0.15) is 0 Å². The van der Waals surface area contributed by atoms with E-state index in [9.17, 15) is 13.2 Å². The number of hydrogen-bond donors (Lipinski definition) is 2. The van der Waals surface area contributed by atoms with Crippen LogP contribution in [0.1, 0.15) is 17.0 Å². The molecular weight excluding hydrogens is 348 g/mol. The topological polar surface area (TPSA) is 115 Å². The minimum Gasteiger partial charge on any atom is -0.325 e. The standard InChI is InChI=1S/C15H18N4O3S2/c1-10-6-11(2)18-15(17-10)23-8-14(20)19-13-5-3-4-12(7-13)9-24(16,21)22/h3-7H,8-9H2,1-2H3,(H,19,20)(H2,16,21,22). The van der Waals surface area contributed by atoms with Crippen LogP contribution in [0.3, 0.4) is 0 Å². The summed E-state index contributed by atoms with van der Waals surface area (Å²) >= 11 is 1.24. The Hall–Kier alpha value is -1.97. The van der Waals surface area contributed by atoms with Crippen molar-refractivity contribution in [2.45, 2.75) is 24.8 Å². The maximum atomic E-state index is 12.0. The van der Waals surface area contributed by atoms with Gasteiger partial charge in [-0.3, -0.25) is 4.79 Å². The summed E-state index contributed by atoms with van der Waals surface area (Å²) in [7, 11) is -3.61. The number of nitrogens with one attached hydrogen (secondary N) is 1. The SMILES string of the molecule is Cc1cc(C)nc(SCC(=O)Nc2cccc(CS(N)(=O)=O)c2)n1. The van der Waals surface area contributed by atoms with Gasteiger partial charge in [0, 0.05) is 17.1 Å². The van der Waals surface area contributed by atoms with Gasteiger partial charge in [0.15, 0.2) is 5.16 Å². The first-order valence-electron chi connectivity index (χ1n) is 7.05. The number of nitrogens with zero attached hydrogens (tertiary/aromatic N) is 2. The molecule has 7 nitrogen and oxygen atoms in total. The lowest BCUT2D eigenvalue weighted by atomic mass is 10.2. The van der Waals surface area contributed by atoms with Crippen molar-refractivity contribution in [2.24, 2.45) is 5.14 Å². The smallest absolute Gasteiger partial charge is 0.234 e. The van der Waals surface area contributed by atoms with Gasteiger partial charge in [0.2, 0.25) is 15.9 Å². The molecule has 0 aliphatic carbocycles. The minimum absolute atomic E-state index is 0.155. The number of hydrogen-bond acceptors (Lipinski definition) is 6. The van der Waals surface area contributed by atoms with Crippen molar-refractivity contribution in [3.63, 3.8) is 0 Å². The number of aryl methyl sites for hydroxylation is 2. The average molecular weight is 366 g/mol. The third-order valence-electron chi connectivity index (χ3n) is 2.87. The summed E-state index contributed by atoms with van der Waals surface area (Å²) in [5.41, 5.74) is 2.73. The van der Waals surface area contributed by atoms with Gasteiger partial charge in [-0.1, -0.05) is 23.9 Å². The predicted octanol–water partition coefficient (Wildman–Crippen LogP) is 1.61. The number of benzene rings is 1. The van der Waals surface area contributed by atoms with E-state index in [4.69, 9.17) is 5.14 Å². The second-order valence-electron chi connectivity index (χ2n) is 5.28. The molecule has 0 aliphatic heterocycles. The summed E-state index contributed by atoms with van der Waals surface area (Å²) in [6, 6.07) is 8.43. The van der Waals surface area contributed by atoms with E-state index < -0.39 is 10.0 Å². The molecule has 2 aromatic rings. The number of amides is 1. The maximum Gasteiger partial charge on any atom is 0.234 e. The zero-order valence-electron chi connectivity index (χ0n) is 13.3. The molecule has 0 saturated carbocycles. The van der Waals surface area contributed by atoms with Gasteiger partial charge in [0.25, 0.3) is 0 Å². The summed E-state index contributed by atoms with van der Waals surface area (Å²) in [5.74, 6) is -0.347. The van der Waals surface area contributed by atoms with E-state index in [1.54, 1.807) is 24.3 Å². The normalized spacial score (nSPS) is 11.3. The van der Waals surface area contributed by atoms with Crippen LogP contribution in [0.15, 0.2) is 35.5 Å². The van der Waals surface area contributed by atoms with E-state index >= 15 is 0 Å². The highest BCUT2D eigenvalue weighted by atomic mass is 32.2. The first-order valence-corrected chi connectivity index (χ1v) is 9.76. The summed E-state index contributed by atoms with van der Waals surface area (Å²) in [4.78, 5) is 20.5. The van der Waals surface area contributed by atoms with Gasteiger partial charge in [-0.25, -0.2) is 23.5 Å². The van der Waals surface area contributed by atoms with Crippen molar-refractivity contribution < 1.29 is 13.2 Å². The fourth-order valence-electron chi connectivity index (χ4n) is 2.06. The van der Waals surface area contributed by atoms with Crippen LogP contribution < -0.4 is 10.5 Å². The van der Waals surface area contributed by atoms with Crippen LogP contribution in [0.4, 0.5) is 5.69 Å². The molecule has 1 aromatic heterocycles. The third-order valence-corrected chi connectivity index (χ3v) is 4.46. The zero-order chi connectivity index (χ0) is 17.7. The molecule has 0 fully saturated rings. The quantitative estimate of drug-likeness (QED) is 0.593. The molecule has 128 valence electrons. The lowest BCUT2D eigenvalue weighted by Crippen LogP contribution is -2.16. The van der Waals surface area contributed by atoms with E-state index in [0.29, 0.717) is 16.4 Å². The first-order chi connectivity index (χ1) is 11.2. The molecular formula is C15H18N4O3S2. The van der Waals surface area contributed by atoms with Crippen molar-refractivity contribution in [1.82, 2.24) is 9.97 Å². The number of nitrogens with two attached hydrogens (primary N) is 1. The predicted molar refractivity (Wildman–Crippen MR) is 94.1 cm³/mol. The molecule has 0 saturated heterocycles. The second kappa shape index (κ2) is 7.73. The van der Waals surface area contributed by atoms with Crippen LogP contribution in [-0.4, -0.2) is 30.0 Å². The number of rotatable bonds is 6. The molecule has 0 radical (unpaired) electrons. The molecule has 1 heterocycles. The first kappa shape index (κ1) is 18.4. The molecule has 1 aromatic carbocycles. The second-order valence-corrected chi connectivity index (χ2v) is 7.83. The minimum atomic E-state index is -3.61. The number of anilines is 1. The lowest BCUT2D eigenvalue weighted by Gasteiger charge is -2.07. The number of aromatic nitrogens is 2. The van der Waals surface area contributed by atoms with Crippen LogP contribution in [0, 0.1) is 13.8 Å². The highest BCUT2D eigenvalue weighted by Crippen LogP contribution is 2.16. The van der Waals surface area contributed by atoms with E-state index in [0.717, 1.165) is 11.4 Å². The molecule has 0 spiro atoms. The molecule has 1 amide bonds. The van der Waals surface area contributed by atoms with Gasteiger partial charge >= 0.3 is 0 Å². The van der Waals surface area contributed by atoms with E-state index in [1.165, 1.54) is 11.8 Å². The third kappa shape index (κ3) is 6.26. The Balaban J connectivity index is 1.96. The Morgan fingerprint density at radius 3 is 2.50 bits per heavy atom. The molecule has 2 rings (SSSR count). The van der Waals surface area contributed by atoms with E-state index in [-0.39, 0.29) is 17.4 Å². The summed E-state index contributed by atoms with van der Waals surface area (Å²) in [6.07, 6.45) is 0. The van der Waals surface area contributed by atoms with Crippen LogP contribution in [0.5, 0.6) is 0 Å². The summed E-state index contributed by atoms with van der Waals surface area (Å²) in [5, 5.41) is 8.29. The van der Waals surface area contributed by atoms with Crippen molar-refractivity contribution in [3.8, 4) is 0 Å². The fraction of sp³-hybridized carbons (Fsp3) is 0.267. The van der Waals surface area contributed by atoms with Gasteiger partial charge < -0.3 is 5.32 Å². The van der Waals surface area contributed by atoms with Crippen LogP contribution in [-0.2, 0) is 20.6 Å². The number of primary sulfonamides is 1. The monoisotopic (exact) mass is 366 g/mol. The fourth-order valence-corrected chi connectivity index (χ4v) is 3.45. The highest BCUT2D eigenvalue weighted by molar-refractivity contribution is 7.99. The van der Waals surface area contributed by atoms with Gasteiger partial charge in [-0.15, -0.1) is 0 Å². The van der Waals surface area contributed by atoms with Crippen LogP contribution >= 0.6 is 11.8 Å². The van der Waals surface area contributed by atoms with Gasteiger partial charge in [0.05, 0.1) is 11.5 Å². The number of carbonyl (C=O) groups is 1. The Morgan fingerprint density at radius 2 is 1.88 bits per heavy atom. The Morgan fingerprint density at radius 1 is 1.21 bits per heavy atom. The van der Waals surface area contributed by atoms with Gasteiger partial charge in [0.1, 0.15) is 0 Å². The van der Waals surface area contributed by atoms with Gasteiger partial charge in [-0.05, 0) is 37.6 Å². The number of thioether (sulfide) groups is 1. The van der Waals surface area contributed by atoms with Crippen molar-refractivity contribution in [2.75, 3.05) is 11.1 Å². The summed E-state index contributed by atoms with van der Waals surface area (Å²) in [6.45, 7) is 3.74. The Bertz CT molecular complexity index is 833. The lowest BCUT2D eigenvalue weighted by molar-refractivity contribution is -0.113. The van der Waals surface area contributed by atoms with Crippen molar-refractivity contribution >= 4 is 33.4 Å². The van der Waals surface area contributed by atoms with Crippen molar-refractivity contribution in [1.29, 1.82) is 0 Å². The molecule has 0 bridgehead atoms. The summed E-state index contributed by atoms with van der Waals surface area (Å²) < 4.78 is 22.2. The zero-order valence-corrected chi connectivity index (χ0v) is 14.9. The van der Waals surface area contributed by atoms with Crippen LogP contribution in [0.25, 0.3) is 0 Å². The average Bonchev–Trinajstić information content (AvgIpc) is 2.42. The Labute approximate surface area is 145 Å². The molecule has 0 atom stereocenters. The largest absolute Gasteiger partial charge is 0.325 e. The van der Waals surface area contributed by atoms with Crippen LogP contribution in [0.2, 0.25) is 0 Å². The Kier molecular flexibility index (Phi) is 5.92. The van der Waals surface area contributed by atoms with Crippen molar-refractivity contribution in [3.05, 3.63) is 47.3 Å². The molecule has 9 heteroatoms.